The van der Waals surface area contributed by atoms with Crippen LogP contribution in [-0.2, 0) is 24.1 Å². The number of nitrogens with one attached hydrogen (secondary N) is 1. The first-order valence-corrected chi connectivity index (χ1v) is 10.8. The number of carbonyl (C=O) groups excluding carboxylic acids is 1. The van der Waals surface area contributed by atoms with Crippen LogP contribution in [0.15, 0.2) is 24.3 Å². The van der Waals surface area contributed by atoms with Gasteiger partial charge in [-0.25, -0.2) is 9.78 Å². The van der Waals surface area contributed by atoms with E-state index in [4.69, 9.17) is 14.7 Å². The maximum absolute atomic E-state index is 11.8. The molecule has 2 aliphatic rings. The number of hydrogen-bond acceptors (Lipinski definition) is 6. The minimum Gasteiger partial charge on any atom is -0.465 e. The van der Waals surface area contributed by atoms with Crippen LogP contribution >= 0.6 is 0 Å². The first kappa shape index (κ1) is 19.7. The highest BCUT2D eigenvalue weighted by atomic mass is 16.5. The number of ether oxygens (including phenoxy) is 1. The average Bonchev–Trinajstić information content (AvgIpc) is 2.78. The molecule has 1 aromatic heterocycles. The Hall–Kier alpha value is -2.63. The molecule has 2 heterocycles. The van der Waals surface area contributed by atoms with Gasteiger partial charge in [-0.3, -0.25) is 0 Å². The van der Waals surface area contributed by atoms with Gasteiger partial charge in [-0.15, -0.1) is 0 Å². The van der Waals surface area contributed by atoms with Crippen LogP contribution in [0.3, 0.4) is 0 Å². The zero-order chi connectivity index (χ0) is 20.2. The Balaban J connectivity index is 1.53. The number of esters is 1. The lowest BCUT2D eigenvalue weighted by molar-refractivity contribution is 0.0600. The molecule has 0 amide bonds. The molecule has 1 aliphatic carbocycles. The number of aryl methyl sites for hydroxylation is 1. The minimum atomic E-state index is -0.281. The van der Waals surface area contributed by atoms with Crippen molar-refractivity contribution in [2.45, 2.75) is 64.5 Å². The molecule has 0 saturated heterocycles. The van der Waals surface area contributed by atoms with Crippen molar-refractivity contribution < 1.29 is 9.53 Å². The van der Waals surface area contributed by atoms with Gasteiger partial charge in [-0.2, -0.15) is 4.98 Å². The standard InChI is InChI=1S/C23H30N4O2/c1-3-19-14-21(26-23(24-19)25-20-7-5-4-6-8-20)27-12-11-16-13-17(22(28)29-2)9-10-18(16)15-27/h9-10,13-14,20H,3-8,11-12,15H2,1-2H3,(H,24,25,26). The molecule has 1 fully saturated rings. The van der Waals surface area contributed by atoms with Gasteiger partial charge in [0, 0.05) is 30.9 Å². The highest BCUT2D eigenvalue weighted by molar-refractivity contribution is 5.89. The smallest absolute Gasteiger partial charge is 0.337 e. The molecule has 6 heteroatoms. The number of rotatable bonds is 5. The molecule has 6 nitrogen and oxygen atoms in total. The Bertz CT molecular complexity index is 877. The van der Waals surface area contributed by atoms with Gasteiger partial charge < -0.3 is 15.0 Å². The fourth-order valence-corrected chi connectivity index (χ4v) is 4.31. The highest BCUT2D eigenvalue weighted by Gasteiger charge is 2.21. The Morgan fingerprint density at radius 1 is 1.17 bits per heavy atom. The first-order valence-electron chi connectivity index (χ1n) is 10.8. The summed E-state index contributed by atoms with van der Waals surface area (Å²) in [6.45, 7) is 3.80. The van der Waals surface area contributed by atoms with E-state index in [-0.39, 0.29) is 5.97 Å². The van der Waals surface area contributed by atoms with Crippen molar-refractivity contribution in [3.8, 4) is 0 Å². The van der Waals surface area contributed by atoms with Crippen LogP contribution in [0.4, 0.5) is 11.8 Å². The molecule has 154 valence electrons. The van der Waals surface area contributed by atoms with Crippen LogP contribution in [0.1, 0.15) is 66.2 Å². The van der Waals surface area contributed by atoms with Gasteiger partial charge in [0.1, 0.15) is 5.82 Å². The molecule has 1 aromatic carbocycles. The summed E-state index contributed by atoms with van der Waals surface area (Å²) in [6.07, 6.45) is 8.09. The minimum absolute atomic E-state index is 0.281. The molecule has 29 heavy (non-hydrogen) atoms. The van der Waals surface area contributed by atoms with Crippen molar-refractivity contribution >= 4 is 17.7 Å². The lowest BCUT2D eigenvalue weighted by Gasteiger charge is -2.31. The number of hydrogen-bond donors (Lipinski definition) is 1. The Kier molecular flexibility index (Phi) is 5.97. The highest BCUT2D eigenvalue weighted by Crippen LogP contribution is 2.27. The number of fused-ring (bicyclic) bond motifs is 1. The number of aromatic nitrogens is 2. The van der Waals surface area contributed by atoms with Crippen molar-refractivity contribution in [1.82, 2.24) is 9.97 Å². The number of anilines is 2. The molecule has 0 unspecified atom stereocenters. The van der Waals surface area contributed by atoms with Gasteiger partial charge in [-0.1, -0.05) is 32.3 Å². The van der Waals surface area contributed by atoms with E-state index in [9.17, 15) is 4.79 Å². The maximum atomic E-state index is 11.8. The third-order valence-corrected chi connectivity index (χ3v) is 6.03. The van der Waals surface area contributed by atoms with Gasteiger partial charge in [0.2, 0.25) is 5.95 Å². The van der Waals surface area contributed by atoms with Crippen LogP contribution in [0.2, 0.25) is 0 Å². The molecule has 1 aliphatic heterocycles. The van der Waals surface area contributed by atoms with E-state index in [0.717, 1.165) is 43.4 Å². The van der Waals surface area contributed by atoms with E-state index in [1.807, 2.05) is 18.2 Å². The molecule has 0 bridgehead atoms. The molecule has 0 atom stereocenters. The monoisotopic (exact) mass is 394 g/mol. The maximum Gasteiger partial charge on any atom is 0.337 e. The van der Waals surface area contributed by atoms with Gasteiger partial charge in [0.25, 0.3) is 0 Å². The molecular formula is C23H30N4O2. The molecule has 4 rings (SSSR count). The average molecular weight is 395 g/mol. The Labute approximate surface area is 172 Å². The van der Waals surface area contributed by atoms with Crippen LogP contribution < -0.4 is 10.2 Å². The zero-order valence-electron chi connectivity index (χ0n) is 17.4. The second-order valence-corrected chi connectivity index (χ2v) is 8.02. The fourth-order valence-electron chi connectivity index (χ4n) is 4.31. The summed E-state index contributed by atoms with van der Waals surface area (Å²) < 4.78 is 4.85. The summed E-state index contributed by atoms with van der Waals surface area (Å²) in [7, 11) is 1.42. The topological polar surface area (TPSA) is 67.4 Å². The second-order valence-electron chi connectivity index (χ2n) is 8.02. The zero-order valence-corrected chi connectivity index (χ0v) is 17.4. The quantitative estimate of drug-likeness (QED) is 0.769. The van der Waals surface area contributed by atoms with Gasteiger partial charge >= 0.3 is 5.97 Å². The van der Waals surface area contributed by atoms with E-state index in [1.54, 1.807) is 0 Å². The molecular weight excluding hydrogens is 364 g/mol. The summed E-state index contributed by atoms with van der Waals surface area (Å²) in [5.74, 6) is 1.47. The molecule has 1 saturated carbocycles. The largest absolute Gasteiger partial charge is 0.465 e. The van der Waals surface area contributed by atoms with E-state index >= 15 is 0 Å². The predicted molar refractivity (Wildman–Crippen MR) is 114 cm³/mol. The summed E-state index contributed by atoms with van der Waals surface area (Å²) in [5, 5.41) is 3.58. The lowest BCUT2D eigenvalue weighted by atomic mass is 9.96. The number of methoxy groups -OCH3 is 1. The van der Waals surface area contributed by atoms with Crippen LogP contribution in [0, 0.1) is 0 Å². The number of benzene rings is 1. The van der Waals surface area contributed by atoms with E-state index in [1.165, 1.54) is 50.3 Å². The van der Waals surface area contributed by atoms with Crippen molar-refractivity contribution in [2.75, 3.05) is 23.9 Å². The number of carbonyl (C=O) groups is 1. The third-order valence-electron chi connectivity index (χ3n) is 6.03. The third kappa shape index (κ3) is 4.52. The lowest BCUT2D eigenvalue weighted by Crippen LogP contribution is -2.32. The molecule has 0 spiro atoms. The summed E-state index contributed by atoms with van der Waals surface area (Å²) in [6, 6.07) is 8.45. The summed E-state index contributed by atoms with van der Waals surface area (Å²) in [4.78, 5) is 23.7. The van der Waals surface area contributed by atoms with Crippen LogP contribution in [0.25, 0.3) is 0 Å². The number of nitrogens with zero attached hydrogens (tertiary/aromatic N) is 3. The van der Waals surface area contributed by atoms with E-state index < -0.39 is 0 Å². The van der Waals surface area contributed by atoms with Crippen LogP contribution in [-0.4, -0.2) is 35.6 Å². The molecule has 2 aromatic rings. The fraction of sp³-hybridized carbons (Fsp3) is 0.522. The SMILES string of the molecule is CCc1cc(N2CCc3cc(C(=O)OC)ccc3C2)nc(NC2CCCCC2)n1. The normalized spacial score (nSPS) is 17.0. The van der Waals surface area contributed by atoms with E-state index in [2.05, 4.69) is 23.2 Å². The van der Waals surface area contributed by atoms with Crippen molar-refractivity contribution in [2.24, 2.45) is 0 Å². The molecule has 1 N–H and O–H groups in total. The second kappa shape index (κ2) is 8.80. The van der Waals surface area contributed by atoms with Gasteiger partial charge in [-0.05, 0) is 48.9 Å². The van der Waals surface area contributed by atoms with E-state index in [0.29, 0.717) is 11.6 Å². The van der Waals surface area contributed by atoms with Gasteiger partial charge in [0.15, 0.2) is 0 Å². The van der Waals surface area contributed by atoms with Crippen LogP contribution in [0.5, 0.6) is 0 Å². The Morgan fingerprint density at radius 2 is 2.00 bits per heavy atom. The van der Waals surface area contributed by atoms with Crippen molar-refractivity contribution in [1.29, 1.82) is 0 Å². The summed E-state index contributed by atoms with van der Waals surface area (Å²) in [5.41, 5.74) is 4.14. The predicted octanol–water partition coefficient (Wildman–Crippen LogP) is 4.13. The first-order chi connectivity index (χ1) is 14.2. The summed E-state index contributed by atoms with van der Waals surface area (Å²) >= 11 is 0. The van der Waals surface area contributed by atoms with Crippen molar-refractivity contribution in [3.63, 3.8) is 0 Å². The van der Waals surface area contributed by atoms with Crippen molar-refractivity contribution in [3.05, 3.63) is 46.6 Å². The molecule has 0 radical (unpaired) electrons. The van der Waals surface area contributed by atoms with Gasteiger partial charge in [0.05, 0.1) is 12.7 Å². The Morgan fingerprint density at radius 3 is 2.76 bits per heavy atom.